The van der Waals surface area contributed by atoms with Crippen LogP contribution in [0.15, 0.2) is 17.9 Å². The lowest BCUT2D eigenvalue weighted by molar-refractivity contribution is 0.00578. The van der Waals surface area contributed by atoms with Crippen molar-refractivity contribution in [3.8, 4) is 11.8 Å². The second-order valence-corrected chi connectivity index (χ2v) is 7.38. The number of hydrogen-bond donors (Lipinski definition) is 1. The molecule has 2 rings (SSSR count). The normalized spacial score (nSPS) is 21.4. The molecule has 1 aromatic rings. The van der Waals surface area contributed by atoms with E-state index < -0.39 is 30.2 Å². The van der Waals surface area contributed by atoms with Gasteiger partial charge in [-0.3, -0.25) is 0 Å². The minimum atomic E-state index is -0.987. The zero-order chi connectivity index (χ0) is 16.5. The van der Waals surface area contributed by atoms with Crippen molar-refractivity contribution < 1.29 is 18.8 Å². The predicted molar refractivity (Wildman–Crippen MR) is 88.0 cm³/mol. The summed E-state index contributed by atoms with van der Waals surface area (Å²) in [7, 11) is -0.987. The molecule has 0 saturated carbocycles. The molecule has 22 heavy (non-hydrogen) atoms. The van der Waals surface area contributed by atoms with E-state index in [1.54, 1.807) is 19.1 Å². The summed E-state index contributed by atoms with van der Waals surface area (Å²) < 4.78 is 25.7. The lowest BCUT2D eigenvalue weighted by atomic mass is 9.87. The molecule has 1 atom stereocenters. The average Bonchev–Trinajstić information content (AvgIpc) is 2.90. The molecule has 3 nitrogen and oxygen atoms in total. The van der Waals surface area contributed by atoms with Crippen LogP contribution in [0.4, 0.5) is 4.39 Å². The third-order valence-electron chi connectivity index (χ3n) is 3.79. The van der Waals surface area contributed by atoms with Gasteiger partial charge in [0.05, 0.1) is 16.1 Å². The molecule has 0 bridgehead atoms. The number of aliphatic hydroxyl groups excluding tert-OH is 1. The van der Waals surface area contributed by atoms with Gasteiger partial charge in [-0.05, 0) is 52.8 Å². The number of halogens is 1. The summed E-state index contributed by atoms with van der Waals surface area (Å²) in [6.45, 7) is 9.13. The van der Waals surface area contributed by atoms with Crippen LogP contribution in [0.3, 0.4) is 0 Å². The monoisotopic (exact) mass is 322 g/mol. The van der Waals surface area contributed by atoms with E-state index in [9.17, 15) is 4.39 Å². The first kappa shape index (κ1) is 17.2. The summed E-state index contributed by atoms with van der Waals surface area (Å²) in [4.78, 5) is 1.50. The van der Waals surface area contributed by atoms with Crippen LogP contribution in [-0.4, -0.2) is 29.5 Å². The van der Waals surface area contributed by atoms with E-state index in [-0.39, 0.29) is 0 Å². The van der Waals surface area contributed by atoms with Crippen LogP contribution in [0.25, 0.3) is 6.08 Å². The molecule has 0 aliphatic carbocycles. The molecule has 0 amide bonds. The Labute approximate surface area is 135 Å². The molecule has 1 aliphatic rings. The maximum atomic E-state index is 14.3. The molecule has 1 fully saturated rings. The van der Waals surface area contributed by atoms with Gasteiger partial charge in [0.2, 0.25) is 0 Å². The van der Waals surface area contributed by atoms with E-state index in [0.717, 1.165) is 9.75 Å². The largest absolute Gasteiger partial charge is 0.525 e. The minimum Gasteiger partial charge on any atom is -0.398 e. The molecule has 6 heteroatoms. The van der Waals surface area contributed by atoms with E-state index in [1.165, 1.54) is 17.4 Å². The Kier molecular flexibility index (Phi) is 4.83. The van der Waals surface area contributed by atoms with Crippen molar-refractivity contribution in [2.75, 3.05) is 0 Å². The van der Waals surface area contributed by atoms with E-state index >= 15 is 0 Å². The zero-order valence-corrected chi connectivity index (χ0v) is 14.3. The van der Waals surface area contributed by atoms with Crippen LogP contribution in [0.2, 0.25) is 0 Å². The quantitative estimate of drug-likeness (QED) is 0.670. The van der Waals surface area contributed by atoms with Crippen LogP contribution in [0.1, 0.15) is 44.4 Å². The highest BCUT2D eigenvalue weighted by molar-refractivity contribution is 7.13. The van der Waals surface area contributed by atoms with Crippen molar-refractivity contribution in [1.82, 2.24) is 0 Å². The Morgan fingerprint density at radius 2 is 1.91 bits per heavy atom. The van der Waals surface area contributed by atoms with E-state index in [4.69, 9.17) is 14.4 Å². The molecule has 118 valence electrons. The summed E-state index contributed by atoms with van der Waals surface area (Å²) in [5.41, 5.74) is -1.59. The minimum absolute atomic E-state index is 0.462. The molecule has 1 saturated heterocycles. The Bertz CT molecular complexity index is 621. The van der Waals surface area contributed by atoms with Gasteiger partial charge in [0, 0.05) is 4.88 Å². The number of hydrogen-bond acceptors (Lipinski definition) is 4. The predicted octanol–water partition coefficient (Wildman–Crippen LogP) is 3.42. The molecule has 1 N–H and O–H groups in total. The van der Waals surface area contributed by atoms with Gasteiger partial charge in [0.1, 0.15) is 11.8 Å². The number of aliphatic hydroxyl groups is 1. The Hall–Kier alpha value is -1.13. The molecule has 0 radical (unpaired) electrons. The molecular formula is C16H20BFO3S. The van der Waals surface area contributed by atoms with Crippen LogP contribution < -0.4 is 0 Å². The van der Waals surface area contributed by atoms with E-state index in [2.05, 4.69) is 11.8 Å². The maximum Gasteiger partial charge on any atom is 0.525 e. The van der Waals surface area contributed by atoms with Gasteiger partial charge in [-0.1, -0.05) is 11.8 Å². The van der Waals surface area contributed by atoms with Crippen molar-refractivity contribution in [2.45, 2.75) is 51.9 Å². The first-order valence-corrected chi connectivity index (χ1v) is 7.94. The topological polar surface area (TPSA) is 38.7 Å². The summed E-state index contributed by atoms with van der Waals surface area (Å²) in [5.74, 6) is 5.49. The van der Waals surface area contributed by atoms with Gasteiger partial charge in [0.15, 0.2) is 0 Å². The van der Waals surface area contributed by atoms with Gasteiger partial charge in [0.25, 0.3) is 0 Å². The van der Waals surface area contributed by atoms with Crippen molar-refractivity contribution in [1.29, 1.82) is 0 Å². The lowest BCUT2D eigenvalue weighted by Crippen LogP contribution is -2.41. The Morgan fingerprint density at radius 3 is 2.45 bits per heavy atom. The highest BCUT2D eigenvalue weighted by Crippen LogP contribution is 2.39. The second-order valence-electron chi connectivity index (χ2n) is 6.26. The maximum absolute atomic E-state index is 14.3. The molecule has 0 spiro atoms. The zero-order valence-electron chi connectivity index (χ0n) is 13.4. The Balaban J connectivity index is 2.13. The highest BCUT2D eigenvalue weighted by atomic mass is 32.1. The van der Waals surface area contributed by atoms with Gasteiger partial charge >= 0.3 is 7.12 Å². The van der Waals surface area contributed by atoms with Crippen LogP contribution in [0.5, 0.6) is 0 Å². The van der Waals surface area contributed by atoms with Crippen molar-refractivity contribution in [3.63, 3.8) is 0 Å². The van der Waals surface area contributed by atoms with Gasteiger partial charge in [-0.15, -0.1) is 11.3 Å². The van der Waals surface area contributed by atoms with E-state index in [0.29, 0.717) is 0 Å². The molecule has 1 aliphatic heterocycles. The fourth-order valence-electron chi connectivity index (χ4n) is 1.83. The number of thiophene rings is 1. The van der Waals surface area contributed by atoms with Crippen LogP contribution in [-0.2, 0) is 9.31 Å². The van der Waals surface area contributed by atoms with Crippen LogP contribution in [0, 0.1) is 11.8 Å². The van der Waals surface area contributed by atoms with Crippen LogP contribution >= 0.6 is 11.3 Å². The summed E-state index contributed by atoms with van der Waals surface area (Å²) in [6.07, 6.45) is 0.725. The summed E-state index contributed by atoms with van der Waals surface area (Å²) in [6, 6.07) is 3.57. The Morgan fingerprint density at radius 1 is 1.32 bits per heavy atom. The lowest BCUT2D eigenvalue weighted by Gasteiger charge is -2.32. The van der Waals surface area contributed by atoms with Crippen molar-refractivity contribution in [2.24, 2.45) is 0 Å². The molecule has 0 aromatic carbocycles. The highest BCUT2D eigenvalue weighted by Gasteiger charge is 2.53. The third kappa shape index (κ3) is 3.79. The second kappa shape index (κ2) is 6.17. The molecule has 1 unspecified atom stereocenters. The fraction of sp³-hybridized carbons (Fsp3) is 0.500. The fourth-order valence-corrected chi connectivity index (χ4v) is 2.64. The molecule has 2 heterocycles. The number of rotatable bonds is 2. The first-order valence-electron chi connectivity index (χ1n) is 7.13. The molecular weight excluding hydrogens is 302 g/mol. The molecule has 1 aromatic heterocycles. The average molecular weight is 322 g/mol. The smallest absolute Gasteiger partial charge is 0.398 e. The summed E-state index contributed by atoms with van der Waals surface area (Å²) >= 11 is 1.35. The van der Waals surface area contributed by atoms with Gasteiger partial charge < -0.3 is 14.4 Å². The first-order chi connectivity index (χ1) is 10.1. The summed E-state index contributed by atoms with van der Waals surface area (Å²) in [5, 5.41) is 9.13. The van der Waals surface area contributed by atoms with Gasteiger partial charge in [-0.25, -0.2) is 4.39 Å². The van der Waals surface area contributed by atoms with Crippen molar-refractivity contribution in [3.05, 3.63) is 27.6 Å². The SMILES string of the molecule is CC(O)C#Cc1ccc(C=C(F)B2OC(C)(C)C(C)(C)O2)s1. The van der Waals surface area contributed by atoms with Gasteiger partial charge in [-0.2, -0.15) is 0 Å². The standard InChI is InChI=1S/C16H20BFO3S/c1-11(19)6-7-12-8-9-13(22-12)10-14(18)17-20-15(2,3)16(4,5)21-17/h8-11,19H,1-5H3. The third-order valence-corrected chi connectivity index (χ3v) is 4.74. The van der Waals surface area contributed by atoms with Crippen molar-refractivity contribution >= 4 is 24.5 Å². The van der Waals surface area contributed by atoms with E-state index in [1.807, 2.05) is 27.7 Å².